The fraction of sp³-hybridized carbons (Fsp3) is 0.118. The lowest BCUT2D eigenvalue weighted by Gasteiger charge is -2.06. The molecule has 0 unspecified atom stereocenters. The predicted octanol–water partition coefficient (Wildman–Crippen LogP) is 4.77. The molecule has 3 rings (SSSR count). The molecule has 0 amide bonds. The van der Waals surface area contributed by atoms with Crippen LogP contribution in [0.25, 0.3) is 22.6 Å². The predicted molar refractivity (Wildman–Crippen MR) is 81.0 cm³/mol. The average molecular weight is 318 g/mol. The van der Waals surface area contributed by atoms with Gasteiger partial charge < -0.3 is 9.72 Å². The van der Waals surface area contributed by atoms with Crippen LogP contribution in [-0.2, 0) is 6.18 Å². The van der Waals surface area contributed by atoms with Crippen LogP contribution in [0.4, 0.5) is 13.2 Å². The van der Waals surface area contributed by atoms with Gasteiger partial charge in [-0.25, -0.2) is 4.98 Å². The molecular formula is C17H13F3N2O. The fourth-order valence-corrected chi connectivity index (χ4v) is 2.27. The molecule has 1 heterocycles. The van der Waals surface area contributed by atoms with Gasteiger partial charge >= 0.3 is 6.18 Å². The van der Waals surface area contributed by atoms with Crippen LogP contribution in [0.15, 0.2) is 54.6 Å². The number of imidazole rings is 1. The molecular weight excluding hydrogens is 305 g/mol. The van der Waals surface area contributed by atoms with Crippen LogP contribution in [0.3, 0.4) is 0 Å². The van der Waals surface area contributed by atoms with Gasteiger partial charge in [0.05, 0.1) is 7.11 Å². The average Bonchev–Trinajstić information content (AvgIpc) is 3.01. The van der Waals surface area contributed by atoms with Gasteiger partial charge in [0.1, 0.15) is 23.0 Å². The second-order valence-corrected chi connectivity index (χ2v) is 4.90. The van der Waals surface area contributed by atoms with Gasteiger partial charge in [-0.1, -0.05) is 30.3 Å². The van der Waals surface area contributed by atoms with Crippen molar-refractivity contribution in [1.82, 2.24) is 9.97 Å². The first-order valence-corrected chi connectivity index (χ1v) is 6.86. The molecule has 0 radical (unpaired) electrons. The van der Waals surface area contributed by atoms with Gasteiger partial charge in [0.2, 0.25) is 0 Å². The number of hydrogen-bond acceptors (Lipinski definition) is 2. The number of aromatic amines is 1. The summed E-state index contributed by atoms with van der Waals surface area (Å²) in [6.45, 7) is 0. The summed E-state index contributed by atoms with van der Waals surface area (Å²) in [6, 6.07) is 15.0. The summed E-state index contributed by atoms with van der Waals surface area (Å²) < 4.78 is 44.9. The molecule has 3 aromatic rings. The summed E-state index contributed by atoms with van der Waals surface area (Å²) >= 11 is 0. The Hall–Kier alpha value is -2.76. The lowest BCUT2D eigenvalue weighted by molar-refractivity contribution is -0.140. The topological polar surface area (TPSA) is 37.9 Å². The summed E-state index contributed by atoms with van der Waals surface area (Å²) in [5.41, 5.74) is 0.00718. The number of rotatable bonds is 3. The summed E-state index contributed by atoms with van der Waals surface area (Å²) in [5, 5.41) is 0. The summed E-state index contributed by atoms with van der Waals surface area (Å²) in [6.07, 6.45) is -4.51. The van der Waals surface area contributed by atoms with Gasteiger partial charge in [0, 0.05) is 11.1 Å². The maximum Gasteiger partial charge on any atom is 0.433 e. The number of benzene rings is 2. The summed E-state index contributed by atoms with van der Waals surface area (Å²) in [5.74, 6) is 0.790. The number of H-pyrrole nitrogens is 1. The van der Waals surface area contributed by atoms with Gasteiger partial charge in [-0.3, -0.25) is 0 Å². The zero-order valence-corrected chi connectivity index (χ0v) is 12.2. The molecule has 0 saturated carbocycles. The number of aromatic nitrogens is 2. The van der Waals surface area contributed by atoms with Crippen molar-refractivity contribution >= 4 is 0 Å². The van der Waals surface area contributed by atoms with Crippen LogP contribution < -0.4 is 4.74 Å². The molecule has 0 saturated heterocycles. The Kier molecular flexibility index (Phi) is 3.82. The van der Waals surface area contributed by atoms with E-state index in [0.29, 0.717) is 16.9 Å². The number of nitrogens with one attached hydrogen (secondary N) is 1. The third-order valence-electron chi connectivity index (χ3n) is 3.40. The number of hydrogen-bond donors (Lipinski definition) is 1. The number of alkyl halides is 3. The molecule has 118 valence electrons. The van der Waals surface area contributed by atoms with E-state index in [0.717, 1.165) is 0 Å². The molecule has 0 aliphatic heterocycles. The number of halogens is 3. The molecule has 0 fully saturated rings. The largest absolute Gasteiger partial charge is 0.497 e. The molecule has 6 heteroatoms. The molecule has 2 aromatic carbocycles. The monoisotopic (exact) mass is 318 g/mol. The van der Waals surface area contributed by atoms with E-state index in [4.69, 9.17) is 4.74 Å². The SMILES string of the molecule is COc1ccc(-c2nc(-c3ccccc3)c(C(F)(F)F)[nH]2)cc1. The first kappa shape index (κ1) is 15.1. The second kappa shape index (κ2) is 5.79. The standard InChI is InChI=1S/C17H13F3N2O/c1-23-13-9-7-12(8-10-13)16-21-14(11-5-3-2-4-6-11)15(22-16)17(18,19)20/h2-10H,1H3,(H,21,22). The van der Waals surface area contributed by atoms with Crippen molar-refractivity contribution in [3.05, 3.63) is 60.3 Å². The van der Waals surface area contributed by atoms with E-state index in [1.165, 1.54) is 7.11 Å². The van der Waals surface area contributed by atoms with Crippen LogP contribution in [0.1, 0.15) is 5.69 Å². The van der Waals surface area contributed by atoms with Crippen molar-refractivity contribution in [2.45, 2.75) is 6.18 Å². The second-order valence-electron chi connectivity index (χ2n) is 4.90. The van der Waals surface area contributed by atoms with E-state index >= 15 is 0 Å². The minimum atomic E-state index is -4.51. The lowest BCUT2D eigenvalue weighted by atomic mass is 10.1. The first-order valence-electron chi connectivity index (χ1n) is 6.86. The van der Waals surface area contributed by atoms with Crippen LogP contribution in [0.5, 0.6) is 5.75 Å². The van der Waals surface area contributed by atoms with Gasteiger partial charge in [-0.15, -0.1) is 0 Å². The first-order chi connectivity index (χ1) is 11.0. The summed E-state index contributed by atoms with van der Waals surface area (Å²) in [7, 11) is 1.52. The van der Waals surface area contributed by atoms with E-state index in [1.807, 2.05) is 0 Å². The van der Waals surface area contributed by atoms with Crippen LogP contribution in [0.2, 0.25) is 0 Å². The van der Waals surface area contributed by atoms with E-state index in [2.05, 4.69) is 9.97 Å². The van der Waals surface area contributed by atoms with Crippen molar-refractivity contribution in [3.8, 4) is 28.4 Å². The van der Waals surface area contributed by atoms with Crippen LogP contribution in [-0.4, -0.2) is 17.1 Å². The molecule has 23 heavy (non-hydrogen) atoms. The van der Waals surface area contributed by atoms with Crippen molar-refractivity contribution < 1.29 is 17.9 Å². The zero-order valence-electron chi connectivity index (χ0n) is 12.2. The van der Waals surface area contributed by atoms with E-state index in [9.17, 15) is 13.2 Å². The molecule has 0 aliphatic carbocycles. The van der Waals surface area contributed by atoms with E-state index < -0.39 is 11.9 Å². The van der Waals surface area contributed by atoms with Crippen LogP contribution >= 0.6 is 0 Å². The molecule has 0 bridgehead atoms. The number of nitrogens with zero attached hydrogens (tertiary/aromatic N) is 1. The van der Waals surface area contributed by atoms with Crippen molar-refractivity contribution in [3.63, 3.8) is 0 Å². The minimum absolute atomic E-state index is 0.107. The maximum atomic E-state index is 13.3. The molecule has 0 atom stereocenters. The molecule has 0 spiro atoms. The molecule has 1 aromatic heterocycles. The van der Waals surface area contributed by atoms with Crippen molar-refractivity contribution in [2.75, 3.05) is 7.11 Å². The maximum absolute atomic E-state index is 13.3. The molecule has 3 nitrogen and oxygen atoms in total. The fourth-order valence-electron chi connectivity index (χ4n) is 2.27. The Balaban J connectivity index is 2.11. The molecule has 1 N–H and O–H groups in total. The van der Waals surface area contributed by atoms with Gasteiger partial charge in [0.25, 0.3) is 0 Å². The Morgan fingerprint density at radius 1 is 0.913 bits per heavy atom. The lowest BCUT2D eigenvalue weighted by Crippen LogP contribution is -2.07. The Labute approximate surface area is 130 Å². The van der Waals surface area contributed by atoms with Crippen molar-refractivity contribution in [2.24, 2.45) is 0 Å². The quantitative estimate of drug-likeness (QED) is 0.755. The highest BCUT2D eigenvalue weighted by Crippen LogP contribution is 2.37. The minimum Gasteiger partial charge on any atom is -0.497 e. The van der Waals surface area contributed by atoms with E-state index in [-0.39, 0.29) is 11.5 Å². The van der Waals surface area contributed by atoms with Gasteiger partial charge in [-0.2, -0.15) is 13.2 Å². The Bertz CT molecular complexity index is 793. The van der Waals surface area contributed by atoms with Crippen molar-refractivity contribution in [1.29, 1.82) is 0 Å². The Morgan fingerprint density at radius 2 is 1.57 bits per heavy atom. The summed E-state index contributed by atoms with van der Waals surface area (Å²) in [4.78, 5) is 6.55. The Morgan fingerprint density at radius 3 is 2.13 bits per heavy atom. The zero-order chi connectivity index (χ0) is 16.4. The highest BCUT2D eigenvalue weighted by atomic mass is 19.4. The van der Waals surface area contributed by atoms with Gasteiger partial charge in [0.15, 0.2) is 0 Å². The molecule has 0 aliphatic rings. The van der Waals surface area contributed by atoms with E-state index in [1.54, 1.807) is 54.6 Å². The third-order valence-corrected chi connectivity index (χ3v) is 3.40. The highest BCUT2D eigenvalue weighted by Gasteiger charge is 2.37. The highest BCUT2D eigenvalue weighted by molar-refractivity contribution is 5.68. The van der Waals surface area contributed by atoms with Gasteiger partial charge in [-0.05, 0) is 24.3 Å². The third kappa shape index (κ3) is 3.06. The smallest absolute Gasteiger partial charge is 0.433 e. The normalized spacial score (nSPS) is 11.5. The van der Waals surface area contributed by atoms with Crippen LogP contribution in [0, 0.1) is 0 Å². The number of methoxy groups -OCH3 is 1. The number of ether oxygens (including phenoxy) is 1.